The molecule has 1 aliphatic rings. The van der Waals surface area contributed by atoms with E-state index in [0.29, 0.717) is 6.04 Å². The molecule has 1 N–H and O–H groups in total. The van der Waals surface area contributed by atoms with Crippen LogP contribution in [0.15, 0.2) is 30.4 Å². The molecule has 1 unspecified atom stereocenters. The van der Waals surface area contributed by atoms with E-state index in [-0.39, 0.29) is 0 Å². The number of hydrogen-bond acceptors (Lipinski definition) is 1. The van der Waals surface area contributed by atoms with Crippen LogP contribution in [0, 0.1) is 6.92 Å². The normalized spacial score (nSPS) is 20.3. The zero-order valence-corrected chi connectivity index (χ0v) is 9.72. The third-order valence-electron chi connectivity index (χ3n) is 2.81. The van der Waals surface area contributed by atoms with Gasteiger partial charge >= 0.3 is 0 Å². The molecular weight excluding hydrogens is 206 g/mol. The SMILES string of the molecule is Cc1cccc(Cl)c1NC1C=CCCC1. The Morgan fingerprint density at radius 1 is 1.40 bits per heavy atom. The number of para-hydroxylation sites is 1. The van der Waals surface area contributed by atoms with Crippen molar-refractivity contribution in [3.63, 3.8) is 0 Å². The molecule has 1 aliphatic carbocycles. The first-order valence-electron chi connectivity index (χ1n) is 5.45. The van der Waals surface area contributed by atoms with Gasteiger partial charge in [-0.3, -0.25) is 0 Å². The van der Waals surface area contributed by atoms with E-state index >= 15 is 0 Å². The molecule has 80 valence electrons. The average molecular weight is 222 g/mol. The molecule has 0 saturated carbocycles. The van der Waals surface area contributed by atoms with Gasteiger partial charge in [0.1, 0.15) is 0 Å². The molecule has 0 amide bonds. The number of benzene rings is 1. The number of aryl methyl sites for hydroxylation is 1. The Morgan fingerprint density at radius 3 is 2.93 bits per heavy atom. The van der Waals surface area contributed by atoms with Crippen molar-refractivity contribution in [1.82, 2.24) is 0 Å². The van der Waals surface area contributed by atoms with Crippen molar-refractivity contribution in [3.05, 3.63) is 40.9 Å². The van der Waals surface area contributed by atoms with Crippen LogP contribution < -0.4 is 5.32 Å². The van der Waals surface area contributed by atoms with Gasteiger partial charge in [0, 0.05) is 6.04 Å². The summed E-state index contributed by atoms with van der Waals surface area (Å²) in [6.07, 6.45) is 8.15. The second kappa shape index (κ2) is 4.71. The first-order chi connectivity index (χ1) is 7.27. The van der Waals surface area contributed by atoms with Crippen molar-refractivity contribution in [3.8, 4) is 0 Å². The Bertz CT molecular complexity index is 351. The van der Waals surface area contributed by atoms with Gasteiger partial charge in [-0.1, -0.05) is 35.9 Å². The summed E-state index contributed by atoms with van der Waals surface area (Å²) in [7, 11) is 0. The van der Waals surface area contributed by atoms with Gasteiger partial charge in [0.2, 0.25) is 0 Å². The Balaban J connectivity index is 2.16. The van der Waals surface area contributed by atoms with Crippen molar-refractivity contribution < 1.29 is 0 Å². The van der Waals surface area contributed by atoms with Crippen molar-refractivity contribution in [2.24, 2.45) is 0 Å². The Kier molecular flexibility index (Phi) is 3.32. The topological polar surface area (TPSA) is 12.0 Å². The fourth-order valence-electron chi connectivity index (χ4n) is 1.93. The third kappa shape index (κ3) is 2.54. The monoisotopic (exact) mass is 221 g/mol. The molecule has 0 bridgehead atoms. The van der Waals surface area contributed by atoms with Gasteiger partial charge in [0.15, 0.2) is 0 Å². The largest absolute Gasteiger partial charge is 0.377 e. The molecule has 0 saturated heterocycles. The van der Waals surface area contributed by atoms with Crippen LogP contribution in [0.1, 0.15) is 24.8 Å². The lowest BCUT2D eigenvalue weighted by molar-refractivity contribution is 0.673. The standard InChI is InChI=1S/C13H16ClN/c1-10-6-5-9-12(14)13(10)15-11-7-3-2-4-8-11/h3,5-7,9,11,15H,2,4,8H2,1H3. The van der Waals surface area contributed by atoms with Crippen LogP contribution in [-0.2, 0) is 0 Å². The van der Waals surface area contributed by atoms with Crippen molar-refractivity contribution >= 4 is 17.3 Å². The lowest BCUT2D eigenvalue weighted by Gasteiger charge is -2.21. The van der Waals surface area contributed by atoms with Crippen LogP contribution in [0.3, 0.4) is 0 Å². The predicted octanol–water partition coefficient (Wildman–Crippen LogP) is 4.17. The van der Waals surface area contributed by atoms with E-state index in [2.05, 4.69) is 30.5 Å². The summed E-state index contributed by atoms with van der Waals surface area (Å²) < 4.78 is 0. The van der Waals surface area contributed by atoms with Crippen LogP contribution in [0.25, 0.3) is 0 Å². The van der Waals surface area contributed by atoms with E-state index in [0.717, 1.165) is 10.7 Å². The van der Waals surface area contributed by atoms with Gasteiger partial charge in [-0.2, -0.15) is 0 Å². The summed E-state index contributed by atoms with van der Waals surface area (Å²) in [5, 5.41) is 4.31. The highest BCUT2D eigenvalue weighted by Crippen LogP contribution is 2.27. The van der Waals surface area contributed by atoms with Crippen LogP contribution in [0.5, 0.6) is 0 Å². The molecule has 15 heavy (non-hydrogen) atoms. The summed E-state index contributed by atoms with van der Waals surface area (Å²) in [6, 6.07) is 6.45. The molecule has 2 rings (SSSR count). The predicted molar refractivity (Wildman–Crippen MR) is 66.6 cm³/mol. The molecule has 0 fully saturated rings. The summed E-state index contributed by atoms with van der Waals surface area (Å²) in [5.74, 6) is 0. The number of nitrogens with one attached hydrogen (secondary N) is 1. The van der Waals surface area contributed by atoms with Crippen LogP contribution in [0.4, 0.5) is 5.69 Å². The minimum absolute atomic E-state index is 0.442. The molecule has 1 aromatic rings. The second-order valence-corrected chi connectivity index (χ2v) is 4.45. The van der Waals surface area contributed by atoms with Crippen LogP contribution in [0.2, 0.25) is 5.02 Å². The lowest BCUT2D eigenvalue weighted by Crippen LogP contribution is -2.19. The summed E-state index contributed by atoms with van der Waals surface area (Å²) in [4.78, 5) is 0. The maximum Gasteiger partial charge on any atom is 0.0640 e. The molecule has 0 spiro atoms. The maximum atomic E-state index is 6.16. The van der Waals surface area contributed by atoms with Crippen molar-refractivity contribution in [1.29, 1.82) is 0 Å². The number of rotatable bonds is 2. The van der Waals surface area contributed by atoms with Crippen molar-refractivity contribution in [2.45, 2.75) is 32.2 Å². The average Bonchev–Trinajstić information content (AvgIpc) is 2.25. The zero-order valence-electron chi connectivity index (χ0n) is 8.96. The quantitative estimate of drug-likeness (QED) is 0.740. The molecule has 2 heteroatoms. The van der Waals surface area contributed by atoms with Gasteiger partial charge in [-0.05, 0) is 37.8 Å². The molecule has 0 aliphatic heterocycles. The third-order valence-corrected chi connectivity index (χ3v) is 3.12. The molecular formula is C13H16ClN. The molecule has 1 aromatic carbocycles. The smallest absolute Gasteiger partial charge is 0.0640 e. The van der Waals surface area contributed by atoms with E-state index in [1.807, 2.05) is 12.1 Å². The molecule has 1 atom stereocenters. The van der Waals surface area contributed by atoms with Gasteiger partial charge in [0.05, 0.1) is 10.7 Å². The highest BCUT2D eigenvalue weighted by molar-refractivity contribution is 6.33. The highest BCUT2D eigenvalue weighted by Gasteiger charge is 2.10. The van der Waals surface area contributed by atoms with Crippen molar-refractivity contribution in [2.75, 3.05) is 5.32 Å². The minimum Gasteiger partial charge on any atom is -0.377 e. The summed E-state index contributed by atoms with van der Waals surface area (Å²) >= 11 is 6.16. The van der Waals surface area contributed by atoms with Gasteiger partial charge in [0.25, 0.3) is 0 Å². The fraction of sp³-hybridized carbons (Fsp3) is 0.385. The van der Waals surface area contributed by atoms with E-state index in [1.54, 1.807) is 0 Å². The second-order valence-electron chi connectivity index (χ2n) is 4.04. The lowest BCUT2D eigenvalue weighted by atomic mass is 10.0. The van der Waals surface area contributed by atoms with Gasteiger partial charge in [-0.25, -0.2) is 0 Å². The van der Waals surface area contributed by atoms with E-state index < -0.39 is 0 Å². The highest BCUT2D eigenvalue weighted by atomic mass is 35.5. The molecule has 0 radical (unpaired) electrons. The maximum absolute atomic E-state index is 6.16. The van der Waals surface area contributed by atoms with Gasteiger partial charge in [-0.15, -0.1) is 0 Å². The van der Waals surface area contributed by atoms with Crippen LogP contribution in [-0.4, -0.2) is 6.04 Å². The summed E-state index contributed by atoms with van der Waals surface area (Å²) in [6.45, 7) is 2.08. The molecule has 1 nitrogen and oxygen atoms in total. The number of allylic oxidation sites excluding steroid dienone is 1. The number of halogens is 1. The number of hydrogen-bond donors (Lipinski definition) is 1. The molecule has 0 heterocycles. The van der Waals surface area contributed by atoms with Gasteiger partial charge < -0.3 is 5.32 Å². The number of anilines is 1. The van der Waals surface area contributed by atoms with E-state index in [1.165, 1.54) is 24.8 Å². The zero-order chi connectivity index (χ0) is 10.7. The Labute approximate surface area is 96.1 Å². The Hall–Kier alpha value is -0.950. The van der Waals surface area contributed by atoms with E-state index in [4.69, 9.17) is 11.6 Å². The minimum atomic E-state index is 0.442. The fourth-order valence-corrected chi connectivity index (χ4v) is 2.21. The molecule has 0 aromatic heterocycles. The van der Waals surface area contributed by atoms with Crippen LogP contribution >= 0.6 is 11.6 Å². The first kappa shape index (κ1) is 10.6. The first-order valence-corrected chi connectivity index (χ1v) is 5.83. The van der Waals surface area contributed by atoms with E-state index in [9.17, 15) is 0 Å². The summed E-state index contributed by atoms with van der Waals surface area (Å²) in [5.41, 5.74) is 2.29. The Morgan fingerprint density at radius 2 is 2.27 bits per heavy atom.